The number of nitrogens with one attached hydrogen (secondary N) is 1. The van der Waals surface area contributed by atoms with Crippen LogP contribution >= 0.6 is 12.4 Å². The van der Waals surface area contributed by atoms with Crippen LogP contribution in [-0.4, -0.2) is 68.8 Å². The summed E-state index contributed by atoms with van der Waals surface area (Å²) in [6, 6.07) is 6.11. The lowest BCUT2D eigenvalue weighted by atomic mass is 10.2. The van der Waals surface area contributed by atoms with E-state index in [1.54, 1.807) is 4.31 Å². The second-order valence-corrected chi connectivity index (χ2v) is 7.92. The molecular weight excluding hydrogens is 352 g/mol. The Hall–Kier alpha value is -1.19. The van der Waals surface area contributed by atoms with Crippen LogP contribution in [-0.2, 0) is 10.0 Å². The second kappa shape index (κ2) is 7.79. The van der Waals surface area contributed by atoms with Crippen molar-refractivity contribution in [3.63, 3.8) is 0 Å². The van der Waals surface area contributed by atoms with Gasteiger partial charge in [0, 0.05) is 50.9 Å². The summed E-state index contributed by atoms with van der Waals surface area (Å²) in [5.41, 5.74) is 5.50. The molecule has 24 heavy (non-hydrogen) atoms. The highest BCUT2D eigenvalue weighted by Crippen LogP contribution is 2.24. The maximum Gasteiger partial charge on any atom is 0.248 e. The van der Waals surface area contributed by atoms with E-state index in [0.29, 0.717) is 18.7 Å². The number of benzene rings is 1. The summed E-state index contributed by atoms with van der Waals surface area (Å²) in [7, 11) is -3.51. The number of carbonyl (C=O) groups excluding carboxylic acids is 1. The predicted molar refractivity (Wildman–Crippen MR) is 93.8 cm³/mol. The molecule has 3 rings (SSSR count). The Morgan fingerprint density at radius 3 is 2.33 bits per heavy atom. The van der Waals surface area contributed by atoms with Gasteiger partial charge in [0.1, 0.15) is 0 Å². The van der Waals surface area contributed by atoms with E-state index in [1.807, 2.05) is 0 Å². The van der Waals surface area contributed by atoms with Crippen molar-refractivity contribution in [2.24, 2.45) is 5.73 Å². The van der Waals surface area contributed by atoms with Gasteiger partial charge in [-0.1, -0.05) is 0 Å². The number of hydrogen-bond acceptors (Lipinski definition) is 5. The predicted octanol–water partition coefficient (Wildman–Crippen LogP) is -0.124. The monoisotopic (exact) mass is 374 g/mol. The van der Waals surface area contributed by atoms with Crippen molar-refractivity contribution in [1.29, 1.82) is 0 Å². The number of halogens is 1. The van der Waals surface area contributed by atoms with E-state index < -0.39 is 15.9 Å². The number of carbonyl (C=O) groups is 1. The summed E-state index contributed by atoms with van der Waals surface area (Å²) >= 11 is 0. The number of hydrogen-bond donors (Lipinski definition) is 2. The van der Waals surface area contributed by atoms with Crippen molar-refractivity contribution < 1.29 is 13.2 Å². The molecule has 2 saturated heterocycles. The number of sulfonamides is 1. The highest BCUT2D eigenvalue weighted by molar-refractivity contribution is 7.89. The Morgan fingerprint density at radius 1 is 1.12 bits per heavy atom. The summed E-state index contributed by atoms with van der Waals surface area (Å²) in [5.74, 6) is -0.561. The molecule has 2 aliphatic heterocycles. The van der Waals surface area contributed by atoms with Crippen LogP contribution in [0.4, 0.5) is 0 Å². The van der Waals surface area contributed by atoms with Crippen molar-refractivity contribution in [2.45, 2.75) is 17.4 Å². The van der Waals surface area contributed by atoms with Crippen LogP contribution in [0.25, 0.3) is 0 Å². The van der Waals surface area contributed by atoms with E-state index in [0.717, 1.165) is 32.6 Å². The Balaban J connectivity index is 0.00000208. The van der Waals surface area contributed by atoms with Gasteiger partial charge in [-0.25, -0.2) is 8.42 Å². The minimum atomic E-state index is -3.51. The highest BCUT2D eigenvalue weighted by Gasteiger charge is 2.35. The maximum absolute atomic E-state index is 12.7. The van der Waals surface area contributed by atoms with Crippen LogP contribution < -0.4 is 11.1 Å². The molecule has 9 heteroatoms. The molecule has 1 amide bonds. The van der Waals surface area contributed by atoms with Gasteiger partial charge in [0.2, 0.25) is 15.9 Å². The molecule has 0 spiro atoms. The first-order valence-electron chi connectivity index (χ1n) is 7.83. The van der Waals surface area contributed by atoms with E-state index in [2.05, 4.69) is 10.2 Å². The smallest absolute Gasteiger partial charge is 0.248 e. The molecule has 1 aromatic carbocycles. The average Bonchev–Trinajstić information content (AvgIpc) is 3.06. The third-order valence-electron chi connectivity index (χ3n) is 4.57. The first kappa shape index (κ1) is 19.1. The molecule has 7 nitrogen and oxygen atoms in total. The minimum Gasteiger partial charge on any atom is -0.366 e. The molecule has 2 heterocycles. The number of nitrogens with two attached hydrogens (primary N) is 1. The van der Waals surface area contributed by atoms with Crippen LogP contribution in [0, 0.1) is 0 Å². The standard InChI is InChI=1S/C15H22N4O3S.ClH/c16-15(20)12-1-3-14(4-2-12)23(21,22)19-8-5-13(11-19)18-9-6-17-7-10-18;/h1-4,13,17H,5-11H2,(H2,16,20);1H. The van der Waals surface area contributed by atoms with Gasteiger partial charge in [0.25, 0.3) is 0 Å². The van der Waals surface area contributed by atoms with E-state index in [1.165, 1.54) is 24.3 Å². The van der Waals surface area contributed by atoms with E-state index >= 15 is 0 Å². The Bertz CT molecular complexity index is 674. The van der Waals surface area contributed by atoms with Gasteiger partial charge in [0.05, 0.1) is 4.90 Å². The van der Waals surface area contributed by atoms with Gasteiger partial charge < -0.3 is 11.1 Å². The first-order chi connectivity index (χ1) is 11.0. The van der Waals surface area contributed by atoms with Crippen molar-refractivity contribution in [3.8, 4) is 0 Å². The van der Waals surface area contributed by atoms with Gasteiger partial charge in [-0.05, 0) is 30.7 Å². The summed E-state index contributed by atoms with van der Waals surface area (Å²) < 4.78 is 27.0. The molecule has 0 aliphatic carbocycles. The Morgan fingerprint density at radius 2 is 1.75 bits per heavy atom. The van der Waals surface area contributed by atoms with Crippen molar-refractivity contribution in [2.75, 3.05) is 39.3 Å². The van der Waals surface area contributed by atoms with Gasteiger partial charge in [-0.15, -0.1) is 12.4 Å². The number of nitrogens with zero attached hydrogens (tertiary/aromatic N) is 2. The summed E-state index contributed by atoms with van der Waals surface area (Å²) in [6.45, 7) is 4.90. The molecule has 1 aromatic rings. The molecule has 134 valence electrons. The summed E-state index contributed by atoms with van der Waals surface area (Å²) in [4.78, 5) is 13.7. The topological polar surface area (TPSA) is 95.7 Å². The van der Waals surface area contributed by atoms with Gasteiger partial charge >= 0.3 is 0 Å². The molecule has 0 saturated carbocycles. The SMILES string of the molecule is Cl.NC(=O)c1ccc(S(=O)(=O)N2CCC(N3CCNCC3)C2)cc1. The lowest BCUT2D eigenvalue weighted by Crippen LogP contribution is -2.49. The molecule has 0 aromatic heterocycles. The normalized spacial score (nSPS) is 22.9. The van der Waals surface area contributed by atoms with E-state index in [9.17, 15) is 13.2 Å². The molecule has 1 atom stereocenters. The average molecular weight is 375 g/mol. The minimum absolute atomic E-state index is 0. The maximum atomic E-state index is 12.7. The largest absolute Gasteiger partial charge is 0.366 e. The lowest BCUT2D eigenvalue weighted by molar-refractivity contribution is 0.1000. The van der Waals surface area contributed by atoms with Gasteiger partial charge in [-0.3, -0.25) is 9.69 Å². The molecule has 1 unspecified atom stereocenters. The number of primary amides is 1. The zero-order valence-electron chi connectivity index (χ0n) is 13.3. The lowest BCUT2D eigenvalue weighted by Gasteiger charge is -2.32. The van der Waals surface area contributed by atoms with Gasteiger partial charge in [0.15, 0.2) is 0 Å². The Kier molecular flexibility index (Phi) is 6.22. The molecule has 0 radical (unpaired) electrons. The molecule has 0 bridgehead atoms. The van der Waals surface area contributed by atoms with E-state index in [-0.39, 0.29) is 23.3 Å². The molecule has 3 N–H and O–H groups in total. The zero-order chi connectivity index (χ0) is 16.4. The quantitative estimate of drug-likeness (QED) is 0.765. The number of amides is 1. The van der Waals surface area contributed by atoms with Crippen molar-refractivity contribution in [3.05, 3.63) is 29.8 Å². The second-order valence-electron chi connectivity index (χ2n) is 5.98. The highest BCUT2D eigenvalue weighted by atomic mass is 35.5. The fourth-order valence-electron chi connectivity index (χ4n) is 3.21. The fraction of sp³-hybridized carbons (Fsp3) is 0.533. The third-order valence-corrected chi connectivity index (χ3v) is 6.45. The summed E-state index contributed by atoms with van der Waals surface area (Å²) in [5, 5.41) is 3.31. The fourth-order valence-corrected chi connectivity index (χ4v) is 4.71. The van der Waals surface area contributed by atoms with Crippen LogP contribution in [0.3, 0.4) is 0 Å². The third kappa shape index (κ3) is 3.89. The van der Waals surface area contributed by atoms with E-state index in [4.69, 9.17) is 5.73 Å². The molecule has 2 fully saturated rings. The van der Waals surface area contributed by atoms with Gasteiger partial charge in [-0.2, -0.15) is 4.31 Å². The van der Waals surface area contributed by atoms with Crippen molar-refractivity contribution >= 4 is 28.3 Å². The zero-order valence-corrected chi connectivity index (χ0v) is 15.0. The molecule has 2 aliphatic rings. The first-order valence-corrected chi connectivity index (χ1v) is 9.27. The van der Waals surface area contributed by atoms with Crippen molar-refractivity contribution in [1.82, 2.24) is 14.5 Å². The van der Waals surface area contributed by atoms with Crippen LogP contribution in [0.2, 0.25) is 0 Å². The Labute approximate surface area is 148 Å². The number of rotatable bonds is 4. The summed E-state index contributed by atoms with van der Waals surface area (Å²) in [6.07, 6.45) is 0.860. The van der Waals surface area contributed by atoms with Crippen LogP contribution in [0.15, 0.2) is 29.2 Å². The van der Waals surface area contributed by atoms with Crippen LogP contribution in [0.1, 0.15) is 16.8 Å². The number of piperazine rings is 1. The van der Waals surface area contributed by atoms with Crippen LogP contribution in [0.5, 0.6) is 0 Å². The molecular formula is C15H23ClN4O3S.